The molecule has 0 bridgehead atoms. The van der Waals surface area contributed by atoms with E-state index in [9.17, 15) is 14.4 Å². The van der Waals surface area contributed by atoms with E-state index in [4.69, 9.17) is 4.74 Å². The number of hydrogen-bond donors (Lipinski definition) is 0. The molecule has 7 heteroatoms. The third-order valence-electron chi connectivity index (χ3n) is 1.99. The van der Waals surface area contributed by atoms with Gasteiger partial charge in [-0.15, -0.1) is 0 Å². The minimum Gasteiger partial charge on any atom is -0.468 e. The zero-order valence-corrected chi connectivity index (χ0v) is 11.1. The Hall–Kier alpha value is -1.63. The molecule has 0 atom stereocenters. The molecule has 18 heavy (non-hydrogen) atoms. The van der Waals surface area contributed by atoms with Crippen LogP contribution in [-0.2, 0) is 28.6 Å². The summed E-state index contributed by atoms with van der Waals surface area (Å²) in [5, 5.41) is 0. The smallest absolute Gasteiger partial charge is 0.325 e. The van der Waals surface area contributed by atoms with E-state index in [1.54, 1.807) is 13.8 Å². The fourth-order valence-corrected chi connectivity index (χ4v) is 1.00. The molecule has 0 aliphatic heterocycles. The van der Waals surface area contributed by atoms with Gasteiger partial charge < -0.3 is 19.1 Å². The van der Waals surface area contributed by atoms with Gasteiger partial charge >= 0.3 is 11.9 Å². The largest absolute Gasteiger partial charge is 0.468 e. The van der Waals surface area contributed by atoms with E-state index in [2.05, 4.69) is 9.47 Å². The van der Waals surface area contributed by atoms with Crippen LogP contribution < -0.4 is 0 Å². The van der Waals surface area contributed by atoms with Crippen molar-refractivity contribution in [3.63, 3.8) is 0 Å². The van der Waals surface area contributed by atoms with Crippen molar-refractivity contribution in [3.05, 3.63) is 0 Å². The second-order valence-electron chi connectivity index (χ2n) is 3.76. The van der Waals surface area contributed by atoms with Crippen molar-refractivity contribution < 1.29 is 28.6 Å². The van der Waals surface area contributed by atoms with Gasteiger partial charge in [-0.3, -0.25) is 14.4 Å². The van der Waals surface area contributed by atoms with Crippen molar-refractivity contribution in [2.24, 2.45) is 0 Å². The lowest BCUT2D eigenvalue weighted by molar-refractivity contribution is -0.154. The van der Waals surface area contributed by atoms with Gasteiger partial charge in [0.1, 0.15) is 19.7 Å². The van der Waals surface area contributed by atoms with Crippen LogP contribution in [0.2, 0.25) is 0 Å². The number of carbonyl (C=O) groups excluding carboxylic acids is 3. The molecule has 0 rings (SSSR count). The number of amides is 1. The predicted molar refractivity (Wildman–Crippen MR) is 61.7 cm³/mol. The molecular formula is C11H19NO6. The Morgan fingerprint density at radius 3 is 1.78 bits per heavy atom. The molecule has 0 aromatic carbocycles. The number of methoxy groups -OCH3 is 2. The second-order valence-corrected chi connectivity index (χ2v) is 3.76. The van der Waals surface area contributed by atoms with Crippen LogP contribution in [0.3, 0.4) is 0 Å². The van der Waals surface area contributed by atoms with Crippen LogP contribution in [0.25, 0.3) is 0 Å². The minimum atomic E-state index is -0.614. The van der Waals surface area contributed by atoms with Crippen molar-refractivity contribution in [2.75, 3.05) is 33.9 Å². The van der Waals surface area contributed by atoms with E-state index < -0.39 is 17.8 Å². The highest BCUT2D eigenvalue weighted by molar-refractivity contribution is 5.86. The summed E-state index contributed by atoms with van der Waals surface area (Å²) in [6.45, 7) is 2.72. The van der Waals surface area contributed by atoms with Gasteiger partial charge in [-0.2, -0.15) is 0 Å². The number of ether oxygens (including phenoxy) is 3. The van der Waals surface area contributed by atoms with E-state index in [1.807, 2.05) is 0 Å². The first kappa shape index (κ1) is 16.4. The fraction of sp³-hybridized carbons (Fsp3) is 0.727. The first-order valence-electron chi connectivity index (χ1n) is 5.43. The topological polar surface area (TPSA) is 82.1 Å². The van der Waals surface area contributed by atoms with Gasteiger partial charge in [-0.05, 0) is 13.8 Å². The molecule has 7 nitrogen and oxygen atoms in total. The number of esters is 2. The van der Waals surface area contributed by atoms with Gasteiger partial charge in [0.15, 0.2) is 0 Å². The van der Waals surface area contributed by atoms with Gasteiger partial charge in [0.05, 0.1) is 20.3 Å². The summed E-state index contributed by atoms with van der Waals surface area (Å²) in [5.41, 5.74) is 0. The Morgan fingerprint density at radius 2 is 1.44 bits per heavy atom. The predicted octanol–water partition coefficient (Wildman–Crippen LogP) is -0.414. The summed E-state index contributed by atoms with van der Waals surface area (Å²) in [5.74, 6) is -1.70. The monoisotopic (exact) mass is 261 g/mol. The average Bonchev–Trinajstić information content (AvgIpc) is 2.34. The van der Waals surface area contributed by atoms with Crippen molar-refractivity contribution in [1.29, 1.82) is 0 Å². The Bertz CT molecular complexity index is 284. The molecular weight excluding hydrogens is 242 g/mol. The van der Waals surface area contributed by atoms with Crippen LogP contribution in [-0.4, -0.2) is 62.8 Å². The molecule has 0 unspecified atom stereocenters. The number of carbonyl (C=O) groups is 3. The molecule has 1 amide bonds. The molecule has 0 saturated heterocycles. The molecule has 0 saturated carbocycles. The third-order valence-corrected chi connectivity index (χ3v) is 1.99. The van der Waals surface area contributed by atoms with Crippen LogP contribution in [0.5, 0.6) is 0 Å². The molecule has 0 fully saturated rings. The van der Waals surface area contributed by atoms with Crippen LogP contribution >= 0.6 is 0 Å². The van der Waals surface area contributed by atoms with Crippen LogP contribution in [0.15, 0.2) is 0 Å². The maximum atomic E-state index is 11.7. The highest BCUT2D eigenvalue weighted by Gasteiger charge is 2.21. The SMILES string of the molecule is COC(=O)CN(CC(=O)OC)C(=O)COC(C)C. The minimum absolute atomic E-state index is 0.118. The van der Waals surface area contributed by atoms with Crippen molar-refractivity contribution in [3.8, 4) is 0 Å². The van der Waals surface area contributed by atoms with Crippen molar-refractivity contribution in [1.82, 2.24) is 4.90 Å². The lowest BCUT2D eigenvalue weighted by Crippen LogP contribution is -2.42. The summed E-state index contributed by atoms with van der Waals surface area (Å²) in [6.07, 6.45) is -0.118. The summed E-state index contributed by atoms with van der Waals surface area (Å²) >= 11 is 0. The molecule has 0 aromatic heterocycles. The molecule has 0 aliphatic carbocycles. The molecule has 0 aliphatic rings. The highest BCUT2D eigenvalue weighted by Crippen LogP contribution is 1.96. The number of hydrogen-bond acceptors (Lipinski definition) is 6. The molecule has 0 heterocycles. The average molecular weight is 261 g/mol. The molecule has 0 spiro atoms. The summed E-state index contributed by atoms with van der Waals surface area (Å²) in [4.78, 5) is 35.0. The molecule has 0 radical (unpaired) electrons. The Balaban J connectivity index is 4.48. The zero-order chi connectivity index (χ0) is 14.1. The quantitative estimate of drug-likeness (QED) is 0.579. The third kappa shape index (κ3) is 6.85. The summed E-state index contributed by atoms with van der Waals surface area (Å²) in [7, 11) is 2.40. The standard InChI is InChI=1S/C11H19NO6/c1-8(2)18-7-9(13)12(5-10(14)16-3)6-11(15)17-4/h8H,5-7H2,1-4H3. The van der Waals surface area contributed by atoms with E-state index in [-0.39, 0.29) is 25.8 Å². The highest BCUT2D eigenvalue weighted by atomic mass is 16.5. The number of nitrogens with zero attached hydrogens (tertiary/aromatic N) is 1. The number of rotatable bonds is 7. The summed E-state index contributed by atoms with van der Waals surface area (Å²) in [6, 6.07) is 0. The van der Waals surface area contributed by atoms with E-state index in [0.717, 1.165) is 4.90 Å². The maximum absolute atomic E-state index is 11.7. The lowest BCUT2D eigenvalue weighted by Gasteiger charge is -2.20. The maximum Gasteiger partial charge on any atom is 0.325 e. The fourth-order valence-electron chi connectivity index (χ4n) is 1.00. The lowest BCUT2D eigenvalue weighted by atomic mass is 10.4. The van der Waals surface area contributed by atoms with Crippen LogP contribution in [0.4, 0.5) is 0 Å². The van der Waals surface area contributed by atoms with Crippen LogP contribution in [0, 0.1) is 0 Å². The molecule has 0 aromatic rings. The van der Waals surface area contributed by atoms with Crippen LogP contribution in [0.1, 0.15) is 13.8 Å². The first-order chi connectivity index (χ1) is 8.40. The van der Waals surface area contributed by atoms with E-state index in [0.29, 0.717) is 0 Å². The van der Waals surface area contributed by atoms with E-state index >= 15 is 0 Å². The zero-order valence-electron chi connectivity index (χ0n) is 11.1. The van der Waals surface area contributed by atoms with Gasteiger partial charge in [0.2, 0.25) is 5.91 Å². The van der Waals surface area contributed by atoms with E-state index in [1.165, 1.54) is 14.2 Å². The Kier molecular flexibility index (Phi) is 7.69. The van der Waals surface area contributed by atoms with Gasteiger partial charge in [-0.1, -0.05) is 0 Å². The molecule has 104 valence electrons. The van der Waals surface area contributed by atoms with Crippen molar-refractivity contribution in [2.45, 2.75) is 20.0 Å². The molecule has 0 N–H and O–H groups in total. The van der Waals surface area contributed by atoms with Crippen molar-refractivity contribution >= 4 is 17.8 Å². The van der Waals surface area contributed by atoms with Gasteiger partial charge in [0.25, 0.3) is 0 Å². The normalized spacial score (nSPS) is 10.1. The summed E-state index contributed by atoms with van der Waals surface area (Å²) < 4.78 is 14.0. The Morgan fingerprint density at radius 1 is 1.00 bits per heavy atom. The van der Waals surface area contributed by atoms with Gasteiger partial charge in [0, 0.05) is 0 Å². The first-order valence-corrected chi connectivity index (χ1v) is 5.43. The Labute approximate surface area is 106 Å². The van der Waals surface area contributed by atoms with Gasteiger partial charge in [-0.25, -0.2) is 0 Å². The second kappa shape index (κ2) is 8.46.